The van der Waals surface area contributed by atoms with Crippen molar-refractivity contribution in [3.63, 3.8) is 0 Å². The summed E-state index contributed by atoms with van der Waals surface area (Å²) in [5.41, 5.74) is 1.52. The summed E-state index contributed by atoms with van der Waals surface area (Å²) < 4.78 is 10.6. The predicted molar refractivity (Wildman–Crippen MR) is 77.7 cm³/mol. The van der Waals surface area contributed by atoms with Crippen molar-refractivity contribution in [2.45, 2.75) is 19.4 Å². The summed E-state index contributed by atoms with van der Waals surface area (Å²) in [6.07, 6.45) is 0.988. The average molecular weight is 278 g/mol. The van der Waals surface area contributed by atoms with E-state index < -0.39 is 0 Å². The maximum Gasteiger partial charge on any atom is 0.254 e. The molecule has 5 nitrogen and oxygen atoms in total. The van der Waals surface area contributed by atoms with Gasteiger partial charge in [0.25, 0.3) is 5.91 Å². The number of hydrogen-bond donors (Lipinski definition) is 1. The molecule has 0 bridgehead atoms. The average Bonchev–Trinajstić information content (AvgIpc) is 2.95. The predicted octanol–water partition coefficient (Wildman–Crippen LogP) is 1.45. The van der Waals surface area contributed by atoms with E-state index >= 15 is 0 Å². The number of nitrogens with zero attached hydrogens (tertiary/aromatic N) is 1. The Kier molecular flexibility index (Phi) is 4.49. The minimum absolute atomic E-state index is 0.0272. The molecule has 1 amide bonds. The Hall–Kier alpha value is -1.75. The van der Waals surface area contributed by atoms with E-state index in [9.17, 15) is 4.79 Å². The topological polar surface area (TPSA) is 50.8 Å². The Bertz CT molecular complexity index is 477. The molecule has 1 heterocycles. The number of carbonyl (C=O) groups is 1. The van der Waals surface area contributed by atoms with Crippen molar-refractivity contribution in [2.75, 3.05) is 34.4 Å². The summed E-state index contributed by atoms with van der Waals surface area (Å²) in [5.74, 6) is 1.38. The number of methoxy groups -OCH3 is 2. The molecule has 20 heavy (non-hydrogen) atoms. The van der Waals surface area contributed by atoms with Crippen LogP contribution in [0.1, 0.15) is 22.3 Å². The fraction of sp³-hybridized carbons (Fsp3) is 0.533. The van der Waals surface area contributed by atoms with Crippen LogP contribution in [0, 0.1) is 6.92 Å². The summed E-state index contributed by atoms with van der Waals surface area (Å²) in [4.78, 5) is 14.4. The van der Waals surface area contributed by atoms with Crippen molar-refractivity contribution in [3.8, 4) is 11.5 Å². The van der Waals surface area contributed by atoms with Gasteiger partial charge in [0.15, 0.2) is 0 Å². The number of nitrogens with one attached hydrogen (secondary N) is 1. The largest absolute Gasteiger partial charge is 0.496 e. The van der Waals surface area contributed by atoms with Crippen molar-refractivity contribution < 1.29 is 14.3 Å². The summed E-state index contributed by atoms with van der Waals surface area (Å²) in [6, 6.07) is 3.95. The highest BCUT2D eigenvalue weighted by Crippen LogP contribution is 2.30. The van der Waals surface area contributed by atoms with E-state index in [0.717, 1.165) is 25.1 Å². The monoisotopic (exact) mass is 278 g/mol. The van der Waals surface area contributed by atoms with Gasteiger partial charge in [-0.25, -0.2) is 0 Å². The molecule has 0 saturated carbocycles. The normalized spacial score (nSPS) is 18.2. The number of hydrogen-bond acceptors (Lipinski definition) is 4. The molecule has 1 N–H and O–H groups in total. The molecule has 1 atom stereocenters. The zero-order chi connectivity index (χ0) is 14.7. The lowest BCUT2D eigenvalue weighted by Gasteiger charge is -2.18. The lowest BCUT2D eigenvalue weighted by molar-refractivity contribution is 0.0789. The standard InChI is InChI=1S/C15H22N2O3/c1-10-13(19-3)7-11(8-14(10)20-4)15(18)17-6-5-12(9-17)16-2/h7-8,12,16H,5-6,9H2,1-4H3. The Labute approximate surface area is 119 Å². The highest BCUT2D eigenvalue weighted by atomic mass is 16.5. The third kappa shape index (κ3) is 2.72. The molecule has 1 saturated heterocycles. The van der Waals surface area contributed by atoms with Crippen molar-refractivity contribution >= 4 is 5.91 Å². The molecule has 1 aromatic rings. The van der Waals surface area contributed by atoms with E-state index in [2.05, 4.69) is 5.32 Å². The molecule has 1 unspecified atom stereocenters. The first-order valence-electron chi connectivity index (χ1n) is 6.79. The van der Waals surface area contributed by atoms with E-state index in [1.54, 1.807) is 26.4 Å². The van der Waals surface area contributed by atoms with E-state index in [-0.39, 0.29) is 5.91 Å². The van der Waals surface area contributed by atoms with Crippen LogP contribution in [0.15, 0.2) is 12.1 Å². The van der Waals surface area contributed by atoms with Crippen molar-refractivity contribution in [2.24, 2.45) is 0 Å². The van der Waals surface area contributed by atoms with Gasteiger partial charge in [0.2, 0.25) is 0 Å². The number of amides is 1. The van der Waals surface area contributed by atoms with Crippen molar-refractivity contribution in [1.82, 2.24) is 10.2 Å². The first-order chi connectivity index (χ1) is 9.60. The fourth-order valence-corrected chi connectivity index (χ4v) is 2.57. The van der Waals surface area contributed by atoms with Gasteiger partial charge >= 0.3 is 0 Å². The second-order valence-electron chi connectivity index (χ2n) is 5.03. The van der Waals surface area contributed by atoms with E-state index in [4.69, 9.17) is 9.47 Å². The van der Waals surface area contributed by atoms with E-state index in [0.29, 0.717) is 23.1 Å². The van der Waals surface area contributed by atoms with Crippen LogP contribution in [0.5, 0.6) is 11.5 Å². The Morgan fingerprint density at radius 2 is 1.90 bits per heavy atom. The fourth-order valence-electron chi connectivity index (χ4n) is 2.57. The maximum absolute atomic E-state index is 12.5. The van der Waals surface area contributed by atoms with Gasteiger partial charge in [0, 0.05) is 30.3 Å². The number of likely N-dealkylation sites (tertiary alicyclic amines) is 1. The molecule has 0 spiro atoms. The molecule has 1 fully saturated rings. The second kappa shape index (κ2) is 6.13. The SMILES string of the molecule is CNC1CCN(C(=O)c2cc(OC)c(C)c(OC)c2)C1. The lowest BCUT2D eigenvalue weighted by atomic mass is 10.1. The molecule has 2 rings (SSSR count). The van der Waals surface area contributed by atoms with Gasteiger partial charge < -0.3 is 19.7 Å². The van der Waals surface area contributed by atoms with Gasteiger partial charge in [-0.1, -0.05) is 0 Å². The van der Waals surface area contributed by atoms with Crippen LogP contribution in [-0.4, -0.2) is 51.2 Å². The molecule has 0 aliphatic carbocycles. The molecule has 1 aromatic carbocycles. The van der Waals surface area contributed by atoms with Crippen LogP contribution < -0.4 is 14.8 Å². The number of ether oxygens (including phenoxy) is 2. The van der Waals surface area contributed by atoms with Crippen LogP contribution >= 0.6 is 0 Å². The minimum Gasteiger partial charge on any atom is -0.496 e. The molecular formula is C15H22N2O3. The molecule has 5 heteroatoms. The van der Waals surface area contributed by atoms with Crippen molar-refractivity contribution in [3.05, 3.63) is 23.3 Å². The van der Waals surface area contributed by atoms with Crippen molar-refractivity contribution in [1.29, 1.82) is 0 Å². The third-order valence-electron chi connectivity index (χ3n) is 3.88. The van der Waals surface area contributed by atoms with Gasteiger partial charge in [-0.2, -0.15) is 0 Å². The van der Waals surface area contributed by atoms with E-state index in [1.165, 1.54) is 0 Å². The van der Waals surface area contributed by atoms with Crippen LogP contribution in [0.3, 0.4) is 0 Å². The lowest BCUT2D eigenvalue weighted by Crippen LogP contribution is -2.33. The summed E-state index contributed by atoms with van der Waals surface area (Å²) in [7, 11) is 5.13. The highest BCUT2D eigenvalue weighted by molar-refractivity contribution is 5.95. The first-order valence-corrected chi connectivity index (χ1v) is 6.79. The van der Waals surface area contributed by atoms with Gasteiger partial charge in [-0.3, -0.25) is 4.79 Å². The number of carbonyl (C=O) groups excluding carboxylic acids is 1. The van der Waals surface area contributed by atoms with Crippen LogP contribution in [0.2, 0.25) is 0 Å². The van der Waals surface area contributed by atoms with Gasteiger partial charge in [-0.15, -0.1) is 0 Å². The van der Waals surface area contributed by atoms with Gasteiger partial charge in [0.05, 0.1) is 14.2 Å². The molecular weight excluding hydrogens is 256 g/mol. The Morgan fingerprint density at radius 3 is 2.35 bits per heavy atom. The number of rotatable bonds is 4. The highest BCUT2D eigenvalue weighted by Gasteiger charge is 2.26. The summed E-state index contributed by atoms with van der Waals surface area (Å²) >= 11 is 0. The maximum atomic E-state index is 12.5. The van der Waals surface area contributed by atoms with Crippen LogP contribution in [0.25, 0.3) is 0 Å². The first kappa shape index (κ1) is 14.7. The molecule has 1 aliphatic heterocycles. The minimum atomic E-state index is 0.0272. The third-order valence-corrected chi connectivity index (χ3v) is 3.88. The summed E-state index contributed by atoms with van der Waals surface area (Å²) in [6.45, 7) is 3.44. The molecule has 0 radical (unpaired) electrons. The van der Waals surface area contributed by atoms with E-state index in [1.807, 2.05) is 18.9 Å². The van der Waals surface area contributed by atoms with Gasteiger partial charge in [0.1, 0.15) is 11.5 Å². The quantitative estimate of drug-likeness (QED) is 0.905. The van der Waals surface area contributed by atoms with Gasteiger partial charge in [-0.05, 0) is 32.5 Å². The number of benzene rings is 1. The smallest absolute Gasteiger partial charge is 0.254 e. The Morgan fingerprint density at radius 1 is 1.30 bits per heavy atom. The molecule has 0 aromatic heterocycles. The summed E-state index contributed by atoms with van der Waals surface area (Å²) in [5, 5.41) is 3.21. The molecule has 1 aliphatic rings. The zero-order valence-corrected chi connectivity index (χ0v) is 12.5. The Balaban J connectivity index is 2.26. The number of likely N-dealkylation sites (N-methyl/N-ethyl adjacent to an activating group) is 1. The second-order valence-corrected chi connectivity index (χ2v) is 5.03. The van der Waals surface area contributed by atoms with Crippen LogP contribution in [0.4, 0.5) is 0 Å². The molecule has 110 valence electrons. The van der Waals surface area contributed by atoms with Crippen LogP contribution in [-0.2, 0) is 0 Å². The zero-order valence-electron chi connectivity index (χ0n) is 12.5.